The van der Waals surface area contributed by atoms with E-state index in [-0.39, 0.29) is 24.2 Å². The quantitative estimate of drug-likeness (QED) is 0.876. The molecule has 1 N–H and O–H groups in total. The van der Waals surface area contributed by atoms with Crippen LogP contribution in [0.3, 0.4) is 0 Å². The van der Waals surface area contributed by atoms with Crippen molar-refractivity contribution in [1.82, 2.24) is 15.1 Å². The Balaban J connectivity index is 1.57. The number of aromatic nitrogens is 2. The van der Waals surface area contributed by atoms with Crippen molar-refractivity contribution in [3.05, 3.63) is 42.1 Å². The second-order valence-electron chi connectivity index (χ2n) is 6.04. The third-order valence-corrected chi connectivity index (χ3v) is 4.32. The topological polar surface area (TPSA) is 75.3 Å². The summed E-state index contributed by atoms with van der Waals surface area (Å²) in [4.78, 5) is 26.1. The Labute approximate surface area is 140 Å². The zero-order chi connectivity index (χ0) is 16.9. The Bertz CT molecular complexity index is 711. The number of hydrogen-bond acceptors (Lipinski definition) is 4. The maximum absolute atomic E-state index is 12.2. The number of hydrogen-bond donors (Lipinski definition) is 1. The molecule has 0 unspecified atom stereocenters. The molecule has 1 saturated heterocycles. The highest BCUT2D eigenvalue weighted by Crippen LogP contribution is 2.18. The number of amides is 1. The first-order valence-corrected chi connectivity index (χ1v) is 8.22. The van der Waals surface area contributed by atoms with Crippen LogP contribution in [-0.4, -0.2) is 46.2 Å². The summed E-state index contributed by atoms with van der Waals surface area (Å²) in [7, 11) is 0. The summed E-state index contributed by atoms with van der Waals surface area (Å²) >= 11 is 0. The summed E-state index contributed by atoms with van der Waals surface area (Å²) in [5, 5.41) is 6.78. The lowest BCUT2D eigenvalue weighted by molar-refractivity contribution is -0.137. The van der Waals surface area contributed by atoms with Gasteiger partial charge < -0.3 is 9.64 Å². The summed E-state index contributed by atoms with van der Waals surface area (Å²) in [6.07, 6.45) is 3.15. The maximum Gasteiger partial charge on any atom is 0.356 e. The second kappa shape index (κ2) is 7.29. The first-order chi connectivity index (χ1) is 11.6. The highest BCUT2D eigenvalue weighted by Gasteiger charge is 2.24. The molecule has 1 aliphatic heterocycles. The molecule has 24 heavy (non-hydrogen) atoms. The summed E-state index contributed by atoms with van der Waals surface area (Å²) in [6.45, 7) is 2.53. The molecule has 0 bridgehead atoms. The van der Waals surface area contributed by atoms with Crippen molar-refractivity contribution >= 4 is 11.9 Å². The van der Waals surface area contributed by atoms with E-state index in [1.165, 1.54) is 0 Å². The molecule has 1 aromatic heterocycles. The van der Waals surface area contributed by atoms with Gasteiger partial charge >= 0.3 is 5.97 Å². The van der Waals surface area contributed by atoms with Crippen LogP contribution in [0.4, 0.5) is 0 Å². The highest BCUT2D eigenvalue weighted by atomic mass is 16.5. The van der Waals surface area contributed by atoms with Gasteiger partial charge in [0.25, 0.3) is 5.91 Å². The maximum atomic E-state index is 12.2. The van der Waals surface area contributed by atoms with Crippen molar-refractivity contribution < 1.29 is 14.3 Å². The number of carbonyl (C=O) groups excluding carboxylic acids is 2. The van der Waals surface area contributed by atoms with Gasteiger partial charge in [0.05, 0.1) is 5.69 Å². The minimum absolute atomic E-state index is 0.140. The van der Waals surface area contributed by atoms with E-state index >= 15 is 0 Å². The first kappa shape index (κ1) is 16.2. The van der Waals surface area contributed by atoms with Gasteiger partial charge in [0.15, 0.2) is 6.61 Å². The van der Waals surface area contributed by atoms with E-state index in [9.17, 15) is 9.59 Å². The molecule has 2 heterocycles. The van der Waals surface area contributed by atoms with Crippen LogP contribution >= 0.6 is 0 Å². The van der Waals surface area contributed by atoms with Crippen molar-refractivity contribution in [3.8, 4) is 11.3 Å². The number of benzene rings is 1. The van der Waals surface area contributed by atoms with Crippen LogP contribution in [0.1, 0.15) is 36.7 Å². The Morgan fingerprint density at radius 1 is 1.29 bits per heavy atom. The molecule has 1 fully saturated rings. The first-order valence-electron chi connectivity index (χ1n) is 8.22. The van der Waals surface area contributed by atoms with Crippen LogP contribution in [0, 0.1) is 0 Å². The summed E-state index contributed by atoms with van der Waals surface area (Å²) < 4.78 is 5.14. The van der Waals surface area contributed by atoms with Crippen LogP contribution in [0.5, 0.6) is 0 Å². The molecule has 3 rings (SSSR count). The lowest BCUT2D eigenvalue weighted by Crippen LogP contribution is -2.44. The van der Waals surface area contributed by atoms with E-state index in [0.717, 1.165) is 31.4 Å². The van der Waals surface area contributed by atoms with Crippen molar-refractivity contribution in [2.45, 2.75) is 32.2 Å². The van der Waals surface area contributed by atoms with Crippen LogP contribution in [0.2, 0.25) is 0 Å². The molecule has 0 spiro atoms. The minimum Gasteiger partial charge on any atom is -0.451 e. The lowest BCUT2D eigenvalue weighted by Gasteiger charge is -2.33. The molecule has 0 saturated carbocycles. The zero-order valence-electron chi connectivity index (χ0n) is 13.7. The van der Waals surface area contributed by atoms with Gasteiger partial charge in [-0.25, -0.2) is 4.79 Å². The molecule has 1 aliphatic rings. The van der Waals surface area contributed by atoms with Crippen LogP contribution in [0.25, 0.3) is 11.3 Å². The van der Waals surface area contributed by atoms with Gasteiger partial charge in [-0.15, -0.1) is 0 Å². The van der Waals surface area contributed by atoms with Gasteiger partial charge in [-0.05, 0) is 32.3 Å². The largest absolute Gasteiger partial charge is 0.451 e. The molecule has 6 nitrogen and oxygen atoms in total. The molecule has 6 heteroatoms. The number of piperidine rings is 1. The monoisotopic (exact) mass is 327 g/mol. The van der Waals surface area contributed by atoms with Crippen LogP contribution in [-0.2, 0) is 9.53 Å². The Morgan fingerprint density at radius 2 is 2.08 bits per heavy atom. The van der Waals surface area contributed by atoms with Gasteiger partial charge in [0.1, 0.15) is 5.69 Å². The van der Waals surface area contributed by atoms with Crippen molar-refractivity contribution in [1.29, 1.82) is 0 Å². The summed E-state index contributed by atoms with van der Waals surface area (Å²) in [5.74, 6) is -0.707. The number of rotatable bonds is 4. The molecular weight excluding hydrogens is 306 g/mol. The van der Waals surface area contributed by atoms with Crippen molar-refractivity contribution in [2.24, 2.45) is 0 Å². The van der Waals surface area contributed by atoms with Gasteiger partial charge in [0, 0.05) is 18.2 Å². The normalized spacial score (nSPS) is 17.5. The van der Waals surface area contributed by atoms with E-state index in [1.54, 1.807) is 11.0 Å². The molecule has 0 radical (unpaired) electrons. The van der Waals surface area contributed by atoms with Crippen molar-refractivity contribution in [2.75, 3.05) is 13.2 Å². The zero-order valence-corrected chi connectivity index (χ0v) is 13.7. The standard InChI is InChI=1S/C18H21N3O3/c1-13-7-5-6-10-21(13)17(22)12-24-18(23)16-11-15(19-20-16)14-8-3-2-4-9-14/h2-4,8-9,11,13H,5-7,10,12H2,1H3,(H,19,20)/t13-/m1/s1. The minimum atomic E-state index is -0.567. The fourth-order valence-electron chi connectivity index (χ4n) is 2.94. The van der Waals surface area contributed by atoms with Gasteiger partial charge in [-0.2, -0.15) is 5.10 Å². The number of aromatic amines is 1. The number of likely N-dealkylation sites (tertiary alicyclic amines) is 1. The molecule has 2 aromatic rings. The molecule has 126 valence electrons. The van der Waals surface area contributed by atoms with Crippen molar-refractivity contribution in [3.63, 3.8) is 0 Å². The molecule has 0 aliphatic carbocycles. The third kappa shape index (κ3) is 3.64. The van der Waals surface area contributed by atoms with E-state index in [4.69, 9.17) is 4.74 Å². The van der Waals surface area contributed by atoms with Gasteiger partial charge in [-0.1, -0.05) is 30.3 Å². The lowest BCUT2D eigenvalue weighted by atomic mass is 10.0. The fraction of sp³-hybridized carbons (Fsp3) is 0.389. The number of H-pyrrole nitrogens is 1. The van der Waals surface area contributed by atoms with E-state index in [0.29, 0.717) is 5.69 Å². The molecule has 1 aromatic carbocycles. The number of nitrogens with one attached hydrogen (secondary N) is 1. The Hall–Kier alpha value is -2.63. The Kier molecular flexibility index (Phi) is 4.93. The smallest absolute Gasteiger partial charge is 0.356 e. The number of nitrogens with zero attached hydrogens (tertiary/aromatic N) is 2. The van der Waals surface area contributed by atoms with E-state index in [1.807, 2.05) is 37.3 Å². The summed E-state index contributed by atoms with van der Waals surface area (Å²) in [5.41, 5.74) is 1.82. The fourth-order valence-corrected chi connectivity index (χ4v) is 2.94. The molecule has 1 amide bonds. The van der Waals surface area contributed by atoms with Crippen LogP contribution < -0.4 is 0 Å². The number of ether oxygens (including phenoxy) is 1. The third-order valence-electron chi connectivity index (χ3n) is 4.32. The summed E-state index contributed by atoms with van der Waals surface area (Å²) in [6, 6.07) is 11.4. The van der Waals surface area contributed by atoms with E-state index in [2.05, 4.69) is 10.2 Å². The Morgan fingerprint density at radius 3 is 2.83 bits per heavy atom. The number of carbonyl (C=O) groups is 2. The molecule has 1 atom stereocenters. The average Bonchev–Trinajstić information content (AvgIpc) is 3.11. The predicted octanol–water partition coefficient (Wildman–Crippen LogP) is 2.63. The average molecular weight is 327 g/mol. The highest BCUT2D eigenvalue weighted by molar-refractivity contribution is 5.90. The number of esters is 1. The molecular formula is C18H21N3O3. The SMILES string of the molecule is C[C@@H]1CCCCN1C(=O)COC(=O)c1cc(-c2ccccc2)n[nH]1. The van der Waals surface area contributed by atoms with E-state index < -0.39 is 5.97 Å². The predicted molar refractivity (Wildman–Crippen MR) is 89.3 cm³/mol. The van der Waals surface area contributed by atoms with Crippen LogP contribution in [0.15, 0.2) is 36.4 Å². The second-order valence-corrected chi connectivity index (χ2v) is 6.04. The van der Waals surface area contributed by atoms with Gasteiger partial charge in [-0.3, -0.25) is 9.89 Å². The van der Waals surface area contributed by atoms with Gasteiger partial charge in [0.2, 0.25) is 0 Å².